The fourth-order valence-electron chi connectivity index (χ4n) is 12.9. The lowest BCUT2D eigenvalue weighted by Gasteiger charge is -2.34. The van der Waals surface area contributed by atoms with Gasteiger partial charge in [-0.05, 0) is 85.8 Å². The first-order chi connectivity index (χ1) is 37.7. The molecule has 6 heterocycles. The zero-order valence-corrected chi connectivity index (χ0v) is 48.4. The molecule has 4 aromatic carbocycles. The van der Waals surface area contributed by atoms with E-state index >= 15 is 19.2 Å². The van der Waals surface area contributed by atoms with Crippen LogP contribution in [0, 0.1) is 23.7 Å². The molecule has 0 spiro atoms. The van der Waals surface area contributed by atoms with Crippen molar-refractivity contribution in [1.29, 1.82) is 0 Å². The number of amides is 8. The van der Waals surface area contributed by atoms with Gasteiger partial charge in [0.1, 0.15) is 0 Å². The maximum atomic E-state index is 15.4. The largest absolute Gasteiger partial charge is 0.274 e. The second-order valence-electron chi connectivity index (χ2n) is 22.6. The highest BCUT2D eigenvalue weighted by Gasteiger charge is 2.46. The highest BCUT2D eigenvalue weighted by molar-refractivity contribution is 7.29. The summed E-state index contributed by atoms with van der Waals surface area (Å²) in [6, 6.07) is 10.4. The number of carbonyl (C=O) groups is 8. The van der Waals surface area contributed by atoms with E-state index in [9.17, 15) is 19.2 Å². The van der Waals surface area contributed by atoms with Gasteiger partial charge in [0.05, 0.1) is 22.3 Å². The lowest BCUT2D eigenvalue weighted by molar-refractivity contribution is 0.0561. The van der Waals surface area contributed by atoms with Crippen LogP contribution in [-0.2, 0) is 0 Å². The van der Waals surface area contributed by atoms with E-state index < -0.39 is 47.3 Å². The molecule has 0 radical (unpaired) electrons. The fraction of sp³-hybridized carbons (Fsp3) is 0.500. The molecule has 410 valence electrons. The van der Waals surface area contributed by atoms with Gasteiger partial charge in [0.2, 0.25) is 0 Å². The molecule has 0 fully saturated rings. The van der Waals surface area contributed by atoms with E-state index in [1.807, 2.05) is 12.1 Å². The molecule has 78 heavy (non-hydrogen) atoms. The maximum absolute atomic E-state index is 15.4. The number of imide groups is 4. The van der Waals surface area contributed by atoms with Crippen LogP contribution >= 0.6 is 22.7 Å². The number of hydrogen-bond donors (Lipinski definition) is 0. The number of rotatable bonds is 25. The second kappa shape index (κ2) is 22.6. The Hall–Kier alpha value is -6.12. The Bertz CT molecular complexity index is 3050. The monoisotopic (exact) mass is 1090 g/mol. The predicted octanol–water partition coefficient (Wildman–Crippen LogP) is 15.3. The van der Waals surface area contributed by atoms with Crippen LogP contribution in [-0.4, -0.2) is 93.0 Å². The molecule has 0 saturated heterocycles. The van der Waals surface area contributed by atoms with Crippen LogP contribution in [0.3, 0.4) is 0 Å². The minimum atomic E-state index is -0.468. The van der Waals surface area contributed by atoms with Gasteiger partial charge in [-0.2, -0.15) is 0 Å². The summed E-state index contributed by atoms with van der Waals surface area (Å²) in [6.07, 6.45) is 14.2. The van der Waals surface area contributed by atoms with Crippen molar-refractivity contribution in [2.75, 3.05) is 26.2 Å². The Balaban J connectivity index is 1.23. The predicted molar refractivity (Wildman–Crippen MR) is 312 cm³/mol. The number of nitrogens with zero attached hydrogens (tertiary/aromatic N) is 4. The molecule has 0 bridgehead atoms. The quantitative estimate of drug-likeness (QED) is 0.0514. The minimum Gasteiger partial charge on any atom is -0.274 e. The first kappa shape index (κ1) is 55.2. The van der Waals surface area contributed by atoms with E-state index in [1.54, 1.807) is 24.3 Å². The molecule has 0 saturated carbocycles. The first-order valence-corrected chi connectivity index (χ1v) is 30.9. The summed E-state index contributed by atoms with van der Waals surface area (Å²) < 4.78 is 1.03. The highest BCUT2D eigenvalue weighted by atomic mass is 32.1. The van der Waals surface area contributed by atoms with Crippen LogP contribution in [0.2, 0.25) is 0 Å². The average Bonchev–Trinajstić information content (AvgIpc) is 3.24. The molecular formula is C64H74N4O8S2. The summed E-state index contributed by atoms with van der Waals surface area (Å²) in [6.45, 7) is 17.7. The molecule has 4 aliphatic heterocycles. The molecule has 6 aromatic rings. The lowest BCUT2D eigenvalue weighted by Crippen LogP contribution is -2.45. The lowest BCUT2D eigenvalue weighted by atomic mass is 9.83. The zero-order valence-electron chi connectivity index (χ0n) is 46.8. The molecule has 8 amide bonds. The summed E-state index contributed by atoms with van der Waals surface area (Å²) in [7, 11) is 0. The SMILES string of the molecule is CCCCC(CC)CN1C(=O)c2ccc3c4c(c5sc(-c6cc7c8c9c(ccc%10c9c(c7s6)C(=O)N(CC(CC)CCCC)C%10=O)C(=O)N(CC(CC)CCCC)C8=O)cc5c(c24)C1=O)C(=O)N(CC(CC)CCCC)C3=O. The molecule has 4 unspecified atom stereocenters. The van der Waals surface area contributed by atoms with Crippen LogP contribution in [0.1, 0.15) is 241 Å². The van der Waals surface area contributed by atoms with Crippen molar-refractivity contribution in [2.45, 2.75) is 158 Å². The van der Waals surface area contributed by atoms with Crippen LogP contribution in [0.25, 0.3) is 51.5 Å². The van der Waals surface area contributed by atoms with Crippen LogP contribution < -0.4 is 0 Å². The van der Waals surface area contributed by atoms with Gasteiger partial charge in [0, 0.05) is 99.9 Å². The van der Waals surface area contributed by atoms with Crippen molar-refractivity contribution < 1.29 is 38.4 Å². The Labute approximate surface area is 465 Å². The third kappa shape index (κ3) is 9.00. The number of fused-ring (bicyclic) bond motifs is 6. The summed E-state index contributed by atoms with van der Waals surface area (Å²) in [5.41, 5.74) is 2.24. The van der Waals surface area contributed by atoms with Crippen molar-refractivity contribution in [2.24, 2.45) is 23.7 Å². The van der Waals surface area contributed by atoms with Gasteiger partial charge in [-0.15, -0.1) is 22.7 Å². The minimum absolute atomic E-state index is 0.0743. The molecule has 12 nitrogen and oxygen atoms in total. The van der Waals surface area contributed by atoms with Gasteiger partial charge in [-0.1, -0.05) is 132 Å². The Morgan fingerprint density at radius 1 is 0.346 bits per heavy atom. The Morgan fingerprint density at radius 3 is 0.833 bits per heavy atom. The van der Waals surface area contributed by atoms with Gasteiger partial charge in [-0.3, -0.25) is 58.0 Å². The van der Waals surface area contributed by atoms with Crippen molar-refractivity contribution in [3.05, 3.63) is 80.9 Å². The third-order valence-electron chi connectivity index (χ3n) is 17.8. The number of thiophene rings is 2. The van der Waals surface area contributed by atoms with E-state index in [2.05, 4.69) is 55.4 Å². The van der Waals surface area contributed by atoms with Crippen molar-refractivity contribution in [1.82, 2.24) is 19.6 Å². The van der Waals surface area contributed by atoms with Gasteiger partial charge in [0.25, 0.3) is 47.3 Å². The van der Waals surface area contributed by atoms with Crippen molar-refractivity contribution in [3.63, 3.8) is 0 Å². The average molecular weight is 1090 g/mol. The number of benzene rings is 4. The van der Waals surface area contributed by atoms with Crippen LogP contribution in [0.15, 0.2) is 36.4 Å². The fourth-order valence-corrected chi connectivity index (χ4v) is 15.4. The molecular weight excluding hydrogens is 1020 g/mol. The molecule has 4 aliphatic rings. The van der Waals surface area contributed by atoms with E-state index in [4.69, 9.17) is 0 Å². The van der Waals surface area contributed by atoms with Crippen molar-refractivity contribution in [3.8, 4) is 9.75 Å². The van der Waals surface area contributed by atoms with Gasteiger partial charge >= 0.3 is 0 Å². The van der Waals surface area contributed by atoms with Crippen LogP contribution in [0.4, 0.5) is 0 Å². The number of carbonyl (C=O) groups excluding carboxylic acids is 8. The van der Waals surface area contributed by atoms with E-state index in [1.165, 1.54) is 42.3 Å². The molecule has 2 aromatic heterocycles. The third-order valence-corrected chi connectivity index (χ3v) is 20.3. The van der Waals surface area contributed by atoms with E-state index in [0.29, 0.717) is 51.5 Å². The summed E-state index contributed by atoms with van der Waals surface area (Å²) >= 11 is 2.63. The first-order valence-electron chi connectivity index (χ1n) is 29.3. The molecule has 14 heteroatoms. The molecule has 4 atom stereocenters. The van der Waals surface area contributed by atoms with E-state index in [0.717, 1.165) is 103 Å². The summed E-state index contributed by atoms with van der Waals surface area (Å²) in [5, 5.41) is 2.28. The Morgan fingerprint density at radius 2 is 0.590 bits per heavy atom. The van der Waals surface area contributed by atoms with E-state index in [-0.39, 0.29) is 94.4 Å². The Kier molecular flexibility index (Phi) is 16.0. The standard InChI is InChI=1S/C64H74N4O8S2/c1-9-17-21-35(13-5)31-65-57(69)39-25-27-41-49-47(39)51(61(65)73)43-29-45(77-55(43)53(49)63(75)67(59(41)71)33-37(15-7)23-19-11-3)46-30-44-52-48-40(58(70)66(62(52)74)32-36(14-6)22-18-10-2)26-28-42-50(48)54(56(44)78-46)64(76)68(60(42)72)34-38(16-8)24-20-12-4/h25-30,35-38H,9-24,31-34H2,1-8H3. The number of unbranched alkanes of at least 4 members (excludes halogenated alkanes) is 4. The van der Waals surface area contributed by atoms with Gasteiger partial charge in [-0.25, -0.2) is 0 Å². The maximum Gasteiger partial charge on any atom is 0.262 e. The van der Waals surface area contributed by atoms with Gasteiger partial charge in [0.15, 0.2) is 0 Å². The summed E-state index contributed by atoms with van der Waals surface area (Å²) in [5.74, 6) is -3.34. The smallest absolute Gasteiger partial charge is 0.262 e. The molecule has 0 N–H and O–H groups in total. The number of hydrogen-bond acceptors (Lipinski definition) is 10. The highest BCUT2D eigenvalue weighted by Crippen LogP contribution is 2.52. The molecule has 10 rings (SSSR count). The van der Waals surface area contributed by atoms with Crippen LogP contribution in [0.5, 0.6) is 0 Å². The molecule has 0 aliphatic carbocycles. The summed E-state index contributed by atoms with van der Waals surface area (Å²) in [4.78, 5) is 127. The van der Waals surface area contributed by atoms with Crippen molar-refractivity contribution >= 4 is 112 Å². The zero-order chi connectivity index (χ0) is 55.4. The van der Waals surface area contributed by atoms with Gasteiger partial charge < -0.3 is 0 Å². The second-order valence-corrected chi connectivity index (χ2v) is 24.7. The normalized spacial score (nSPS) is 16.9. The topological polar surface area (TPSA) is 150 Å².